The lowest BCUT2D eigenvalue weighted by atomic mass is 9.72. The van der Waals surface area contributed by atoms with Crippen molar-refractivity contribution in [3.8, 4) is 5.75 Å². The summed E-state index contributed by atoms with van der Waals surface area (Å²) in [5, 5.41) is 0. The summed E-state index contributed by atoms with van der Waals surface area (Å²) in [5.74, 6) is 1.74. The fourth-order valence-electron chi connectivity index (χ4n) is 3.32. The van der Waals surface area contributed by atoms with Crippen LogP contribution in [0.2, 0.25) is 0 Å². The maximum atomic E-state index is 12.6. The van der Waals surface area contributed by atoms with Crippen LogP contribution in [0, 0.1) is 6.92 Å². The number of aliphatic imine (C=N–C) groups is 1. The summed E-state index contributed by atoms with van der Waals surface area (Å²) in [6.07, 6.45) is 1.53. The van der Waals surface area contributed by atoms with Gasteiger partial charge >= 0.3 is 0 Å². The van der Waals surface area contributed by atoms with Crippen LogP contribution in [0.1, 0.15) is 42.3 Å². The normalized spacial score (nSPS) is 24.7. The van der Waals surface area contributed by atoms with Gasteiger partial charge < -0.3 is 14.2 Å². The minimum atomic E-state index is -0.757. The molecule has 0 amide bonds. The highest BCUT2D eigenvalue weighted by Gasteiger charge is 2.48. The molecule has 5 nitrogen and oxygen atoms in total. The number of benzene rings is 1. The van der Waals surface area contributed by atoms with Crippen LogP contribution in [-0.2, 0) is 14.9 Å². The van der Waals surface area contributed by atoms with E-state index in [2.05, 4.69) is 0 Å². The van der Waals surface area contributed by atoms with E-state index in [9.17, 15) is 4.79 Å². The summed E-state index contributed by atoms with van der Waals surface area (Å²) in [6.45, 7) is 8.43. The third-order valence-electron chi connectivity index (χ3n) is 4.71. The van der Waals surface area contributed by atoms with E-state index in [4.69, 9.17) is 19.2 Å². The lowest BCUT2D eigenvalue weighted by molar-refractivity contribution is 0.102. The van der Waals surface area contributed by atoms with Crippen molar-refractivity contribution in [2.45, 2.75) is 38.6 Å². The zero-order valence-electron chi connectivity index (χ0n) is 15.0. The molecule has 0 fully saturated rings. The van der Waals surface area contributed by atoms with Gasteiger partial charge in [0.15, 0.2) is 5.78 Å². The first-order valence-electron chi connectivity index (χ1n) is 7.95. The number of nitrogens with zero attached hydrogens (tertiary/aromatic N) is 1. The number of ether oxygens (including phenoxy) is 3. The van der Waals surface area contributed by atoms with Gasteiger partial charge in [0.25, 0.3) is 0 Å². The topological polar surface area (TPSA) is 57.1 Å². The van der Waals surface area contributed by atoms with E-state index in [1.807, 2.05) is 39.8 Å². The highest BCUT2D eigenvalue weighted by atomic mass is 16.5. The van der Waals surface area contributed by atoms with Gasteiger partial charge in [-0.1, -0.05) is 0 Å². The van der Waals surface area contributed by atoms with Crippen LogP contribution in [0.25, 0.3) is 0 Å². The Morgan fingerprint density at radius 1 is 1.17 bits per heavy atom. The molecule has 1 heterocycles. The van der Waals surface area contributed by atoms with Crippen LogP contribution in [0.3, 0.4) is 0 Å². The number of hydrogen-bond acceptors (Lipinski definition) is 5. The molecule has 0 N–H and O–H groups in total. The highest BCUT2D eigenvalue weighted by molar-refractivity contribution is 6.11. The van der Waals surface area contributed by atoms with E-state index in [1.165, 1.54) is 6.08 Å². The number of rotatable bonds is 3. The second-order valence-corrected chi connectivity index (χ2v) is 7.09. The van der Waals surface area contributed by atoms with Crippen LogP contribution >= 0.6 is 0 Å². The van der Waals surface area contributed by atoms with Crippen LogP contribution in [0.4, 0.5) is 0 Å². The lowest BCUT2D eigenvalue weighted by Crippen LogP contribution is -2.40. The molecule has 1 atom stereocenters. The second kappa shape index (κ2) is 5.36. The minimum Gasteiger partial charge on any atom is -0.499 e. The van der Waals surface area contributed by atoms with Crippen LogP contribution in [-0.4, -0.2) is 38.0 Å². The Hall–Kier alpha value is -2.30. The van der Waals surface area contributed by atoms with E-state index in [1.54, 1.807) is 14.2 Å². The fraction of sp³-hybridized carbons (Fsp3) is 0.474. The van der Waals surface area contributed by atoms with Gasteiger partial charge in [-0.3, -0.25) is 4.79 Å². The molecule has 0 spiro atoms. The zero-order valence-corrected chi connectivity index (χ0v) is 15.0. The number of carbonyl (C=O) groups excluding carboxylic acids is 1. The molecule has 1 aromatic rings. The summed E-state index contributed by atoms with van der Waals surface area (Å²) in [4.78, 5) is 17.3. The molecule has 24 heavy (non-hydrogen) atoms. The zero-order chi connectivity index (χ0) is 17.7. The van der Waals surface area contributed by atoms with Crippen molar-refractivity contribution in [3.63, 3.8) is 0 Å². The Kier molecular flexibility index (Phi) is 3.70. The first-order valence-corrected chi connectivity index (χ1v) is 7.95. The largest absolute Gasteiger partial charge is 0.499 e. The second-order valence-electron chi connectivity index (χ2n) is 7.09. The number of carbonyl (C=O) groups is 1. The van der Waals surface area contributed by atoms with Gasteiger partial charge in [0, 0.05) is 11.6 Å². The lowest BCUT2D eigenvalue weighted by Gasteiger charge is -2.35. The molecule has 1 unspecified atom stereocenters. The van der Waals surface area contributed by atoms with Crippen LogP contribution < -0.4 is 4.74 Å². The Labute approximate surface area is 142 Å². The number of ketones is 1. The van der Waals surface area contributed by atoms with Gasteiger partial charge in [0.05, 0.1) is 19.8 Å². The van der Waals surface area contributed by atoms with Gasteiger partial charge in [-0.2, -0.15) is 0 Å². The van der Waals surface area contributed by atoms with E-state index in [0.29, 0.717) is 23.8 Å². The summed E-state index contributed by atoms with van der Waals surface area (Å²) >= 11 is 0. The molecule has 1 aromatic carbocycles. The smallest absolute Gasteiger partial charge is 0.202 e. The number of fused-ring (bicyclic) bond motifs is 1. The molecule has 2 aliphatic rings. The maximum absolute atomic E-state index is 12.6. The number of aryl methyl sites for hydroxylation is 1. The average Bonchev–Trinajstić information content (AvgIpc) is 2.91. The molecule has 0 saturated heterocycles. The molecule has 5 heteroatoms. The first-order chi connectivity index (χ1) is 11.2. The predicted molar refractivity (Wildman–Crippen MR) is 92.0 cm³/mol. The molecule has 0 aromatic heterocycles. The first kappa shape index (κ1) is 16.6. The Balaban J connectivity index is 2.28. The van der Waals surface area contributed by atoms with Crippen molar-refractivity contribution in [3.05, 3.63) is 40.7 Å². The van der Waals surface area contributed by atoms with Crippen molar-refractivity contribution in [2.24, 2.45) is 4.99 Å². The summed E-state index contributed by atoms with van der Waals surface area (Å²) in [6, 6.07) is 3.75. The third kappa shape index (κ3) is 2.30. The average molecular weight is 329 g/mol. The van der Waals surface area contributed by atoms with Gasteiger partial charge in [-0.05, 0) is 51.0 Å². The highest BCUT2D eigenvalue weighted by Crippen LogP contribution is 2.44. The third-order valence-corrected chi connectivity index (χ3v) is 4.71. The van der Waals surface area contributed by atoms with Gasteiger partial charge in [-0.15, -0.1) is 0 Å². The Morgan fingerprint density at radius 3 is 2.42 bits per heavy atom. The Bertz CT molecular complexity index is 776. The SMILES string of the molecule is COC1=CC(=O)c2cc(C)c(OC)cc2C1(C)C1=NC(C)(C)CO1. The summed E-state index contributed by atoms with van der Waals surface area (Å²) in [7, 11) is 3.19. The molecule has 1 aliphatic heterocycles. The van der Waals surface area contributed by atoms with Gasteiger partial charge in [0.1, 0.15) is 23.5 Å². The monoisotopic (exact) mass is 329 g/mol. The molecule has 0 saturated carbocycles. The molecule has 1 aliphatic carbocycles. The molecule has 3 rings (SSSR count). The molecular weight excluding hydrogens is 306 g/mol. The minimum absolute atomic E-state index is 0.0806. The quantitative estimate of drug-likeness (QED) is 0.854. The van der Waals surface area contributed by atoms with E-state index < -0.39 is 5.41 Å². The van der Waals surface area contributed by atoms with Crippen LogP contribution in [0.15, 0.2) is 29.0 Å². The summed E-state index contributed by atoms with van der Waals surface area (Å²) < 4.78 is 16.9. The van der Waals surface area contributed by atoms with Gasteiger partial charge in [-0.25, -0.2) is 4.99 Å². The number of methoxy groups -OCH3 is 2. The molecule has 128 valence electrons. The fourth-order valence-corrected chi connectivity index (χ4v) is 3.32. The Morgan fingerprint density at radius 2 is 1.88 bits per heavy atom. The van der Waals surface area contributed by atoms with Crippen molar-refractivity contribution >= 4 is 11.7 Å². The number of hydrogen-bond donors (Lipinski definition) is 0. The summed E-state index contributed by atoms with van der Waals surface area (Å²) in [5.41, 5.74) is 1.29. The van der Waals surface area contributed by atoms with Crippen LogP contribution in [0.5, 0.6) is 5.75 Å². The molecular formula is C19H23NO4. The maximum Gasteiger partial charge on any atom is 0.202 e. The van der Waals surface area contributed by atoms with E-state index in [0.717, 1.165) is 16.9 Å². The molecule has 0 radical (unpaired) electrons. The standard InChI is InChI=1S/C19H23NO4/c1-11-7-12-13(8-15(11)22-5)19(4,16(23-6)9-14(12)21)17-20-18(2,3)10-24-17/h7-9H,10H2,1-6H3. The van der Waals surface area contributed by atoms with E-state index >= 15 is 0 Å². The van der Waals surface area contributed by atoms with E-state index in [-0.39, 0.29) is 11.3 Å². The van der Waals surface area contributed by atoms with Crippen molar-refractivity contribution in [2.75, 3.05) is 20.8 Å². The molecule has 0 bridgehead atoms. The van der Waals surface area contributed by atoms with Crippen molar-refractivity contribution in [1.82, 2.24) is 0 Å². The van der Waals surface area contributed by atoms with Crippen molar-refractivity contribution in [1.29, 1.82) is 0 Å². The number of allylic oxidation sites excluding steroid dienone is 1. The predicted octanol–water partition coefficient (Wildman–Crippen LogP) is 3.20. The van der Waals surface area contributed by atoms with Gasteiger partial charge in [0.2, 0.25) is 5.90 Å². The van der Waals surface area contributed by atoms with Crippen molar-refractivity contribution < 1.29 is 19.0 Å².